The van der Waals surface area contributed by atoms with E-state index in [0.29, 0.717) is 31.6 Å². The van der Waals surface area contributed by atoms with Crippen LogP contribution in [0.2, 0.25) is 0 Å². The summed E-state index contributed by atoms with van der Waals surface area (Å²) in [7, 11) is -0.442. The first-order valence-corrected chi connectivity index (χ1v) is 8.44. The van der Waals surface area contributed by atoms with Gasteiger partial charge in [0, 0.05) is 38.8 Å². The van der Waals surface area contributed by atoms with Gasteiger partial charge in [-0.25, -0.2) is 4.39 Å². The van der Waals surface area contributed by atoms with E-state index in [1.807, 2.05) is 0 Å². The highest BCUT2D eigenvalue weighted by Crippen LogP contribution is 2.22. The summed E-state index contributed by atoms with van der Waals surface area (Å²) in [4.78, 5) is 12.2. The number of carbonyl (C=O) groups is 1. The highest BCUT2D eigenvalue weighted by atomic mass is 32.2. The van der Waals surface area contributed by atoms with Gasteiger partial charge in [-0.05, 0) is 37.1 Å². The molecule has 1 aliphatic rings. The van der Waals surface area contributed by atoms with Crippen LogP contribution < -0.4 is 5.32 Å². The van der Waals surface area contributed by atoms with Crippen LogP contribution in [0.5, 0.6) is 0 Å². The van der Waals surface area contributed by atoms with Crippen LogP contribution >= 0.6 is 0 Å². The van der Waals surface area contributed by atoms with Gasteiger partial charge in [0.15, 0.2) is 0 Å². The first kappa shape index (κ1) is 16.9. The van der Waals surface area contributed by atoms with Crippen LogP contribution in [0.1, 0.15) is 12.8 Å². The molecule has 1 amide bonds. The molecule has 0 radical (unpaired) electrons. The molecule has 0 atom stereocenters. The average Bonchev–Trinajstić information content (AvgIpc) is 2.49. The molecule has 1 aromatic rings. The third-order valence-corrected chi connectivity index (χ3v) is 5.66. The molecule has 8 heteroatoms. The molecule has 1 N–H and O–H groups in total. The fourth-order valence-corrected chi connectivity index (χ4v) is 3.49. The summed E-state index contributed by atoms with van der Waals surface area (Å²) < 4.78 is 39.4. The van der Waals surface area contributed by atoms with E-state index in [9.17, 15) is 17.6 Å². The van der Waals surface area contributed by atoms with Crippen molar-refractivity contribution in [1.29, 1.82) is 0 Å². The normalized spacial score (nSPS) is 17.6. The average molecular weight is 329 g/mol. The van der Waals surface area contributed by atoms with Crippen molar-refractivity contribution in [2.24, 2.45) is 5.92 Å². The quantitative estimate of drug-likeness (QED) is 0.905. The number of anilines is 1. The van der Waals surface area contributed by atoms with Crippen LogP contribution in [0.4, 0.5) is 10.1 Å². The van der Waals surface area contributed by atoms with Crippen LogP contribution in [0.15, 0.2) is 24.3 Å². The fourth-order valence-electron chi connectivity index (χ4n) is 2.36. The van der Waals surface area contributed by atoms with Gasteiger partial charge in [-0.1, -0.05) is 0 Å². The maximum atomic E-state index is 12.8. The topological polar surface area (TPSA) is 69.7 Å². The number of halogens is 1. The molecule has 0 bridgehead atoms. The molecule has 0 unspecified atom stereocenters. The predicted octanol–water partition coefficient (Wildman–Crippen LogP) is 1.28. The van der Waals surface area contributed by atoms with Gasteiger partial charge < -0.3 is 5.32 Å². The second-order valence-corrected chi connectivity index (χ2v) is 7.60. The van der Waals surface area contributed by atoms with Crippen molar-refractivity contribution in [2.75, 3.05) is 32.5 Å². The van der Waals surface area contributed by atoms with E-state index in [0.717, 1.165) is 0 Å². The largest absolute Gasteiger partial charge is 0.326 e. The highest BCUT2D eigenvalue weighted by Gasteiger charge is 2.32. The maximum absolute atomic E-state index is 12.8. The number of benzene rings is 1. The van der Waals surface area contributed by atoms with Crippen LogP contribution in [-0.2, 0) is 15.0 Å². The van der Waals surface area contributed by atoms with Crippen LogP contribution in [-0.4, -0.2) is 50.1 Å². The fraction of sp³-hybridized carbons (Fsp3) is 0.500. The Hall–Kier alpha value is -1.51. The Bertz CT molecular complexity index is 623. The van der Waals surface area contributed by atoms with E-state index >= 15 is 0 Å². The molecule has 1 aromatic carbocycles. The number of nitrogens with one attached hydrogen (secondary N) is 1. The van der Waals surface area contributed by atoms with Crippen LogP contribution in [0.3, 0.4) is 0 Å². The summed E-state index contributed by atoms with van der Waals surface area (Å²) >= 11 is 0. The van der Waals surface area contributed by atoms with Crippen molar-refractivity contribution in [3.05, 3.63) is 30.1 Å². The molecule has 0 spiro atoms. The molecule has 0 saturated carbocycles. The number of piperidine rings is 1. The maximum Gasteiger partial charge on any atom is 0.281 e. The number of carbonyl (C=O) groups excluding carboxylic acids is 1. The Morgan fingerprint density at radius 2 is 1.77 bits per heavy atom. The lowest BCUT2D eigenvalue weighted by Crippen LogP contribution is -2.46. The van der Waals surface area contributed by atoms with Gasteiger partial charge in [0.1, 0.15) is 5.82 Å². The van der Waals surface area contributed by atoms with E-state index in [4.69, 9.17) is 0 Å². The second kappa shape index (κ2) is 6.72. The van der Waals surface area contributed by atoms with E-state index in [1.165, 1.54) is 47.0 Å². The van der Waals surface area contributed by atoms with Gasteiger partial charge in [-0.3, -0.25) is 4.79 Å². The monoisotopic (exact) mass is 329 g/mol. The minimum Gasteiger partial charge on any atom is -0.326 e. The summed E-state index contributed by atoms with van der Waals surface area (Å²) in [6.45, 7) is 0.643. The summed E-state index contributed by atoms with van der Waals surface area (Å²) in [5.74, 6) is -0.757. The minimum atomic E-state index is -3.42. The van der Waals surface area contributed by atoms with Crippen LogP contribution in [0.25, 0.3) is 0 Å². The molecule has 1 heterocycles. The molecule has 0 aromatic heterocycles. The Morgan fingerprint density at radius 3 is 2.27 bits per heavy atom. The molecule has 0 aliphatic carbocycles. The number of nitrogens with zero attached hydrogens (tertiary/aromatic N) is 2. The van der Waals surface area contributed by atoms with Crippen molar-refractivity contribution in [2.45, 2.75) is 12.8 Å². The highest BCUT2D eigenvalue weighted by molar-refractivity contribution is 7.86. The number of hydrogen-bond acceptors (Lipinski definition) is 3. The van der Waals surface area contributed by atoms with Gasteiger partial charge >= 0.3 is 0 Å². The lowest BCUT2D eigenvalue weighted by atomic mass is 9.97. The second-order valence-electron chi connectivity index (χ2n) is 5.46. The zero-order valence-corrected chi connectivity index (χ0v) is 13.4. The zero-order valence-electron chi connectivity index (χ0n) is 12.6. The molecule has 6 nitrogen and oxygen atoms in total. The number of amides is 1. The molecule has 1 aliphatic heterocycles. The Balaban J connectivity index is 1.91. The predicted molar refractivity (Wildman–Crippen MR) is 81.9 cm³/mol. The third-order valence-electron chi connectivity index (χ3n) is 3.72. The van der Waals surface area contributed by atoms with Crippen molar-refractivity contribution in [3.63, 3.8) is 0 Å². The summed E-state index contributed by atoms with van der Waals surface area (Å²) in [5, 5.41) is 2.73. The molecule has 2 rings (SSSR count). The molecule has 122 valence electrons. The van der Waals surface area contributed by atoms with E-state index < -0.39 is 10.2 Å². The van der Waals surface area contributed by atoms with Gasteiger partial charge in [0.05, 0.1) is 0 Å². The van der Waals surface area contributed by atoms with Crippen molar-refractivity contribution >= 4 is 21.8 Å². The van der Waals surface area contributed by atoms with Crippen molar-refractivity contribution in [3.8, 4) is 0 Å². The van der Waals surface area contributed by atoms with Gasteiger partial charge in [-0.15, -0.1) is 0 Å². The Morgan fingerprint density at radius 1 is 1.23 bits per heavy atom. The van der Waals surface area contributed by atoms with Gasteiger partial charge in [0.25, 0.3) is 10.2 Å². The molecular formula is C14H20FN3O3S. The van der Waals surface area contributed by atoms with Crippen molar-refractivity contribution in [1.82, 2.24) is 8.61 Å². The van der Waals surface area contributed by atoms with Gasteiger partial charge in [0.2, 0.25) is 5.91 Å². The lowest BCUT2D eigenvalue weighted by molar-refractivity contribution is -0.120. The first-order chi connectivity index (χ1) is 10.3. The van der Waals surface area contributed by atoms with E-state index in [1.54, 1.807) is 0 Å². The summed E-state index contributed by atoms with van der Waals surface area (Å²) in [6.07, 6.45) is 0.945. The third kappa shape index (κ3) is 3.82. The molecule has 22 heavy (non-hydrogen) atoms. The summed E-state index contributed by atoms with van der Waals surface area (Å²) in [5.41, 5.74) is 0.537. The SMILES string of the molecule is CN(C)S(=O)(=O)N1CCC(C(=O)Nc2ccc(F)cc2)CC1. The molecule has 1 saturated heterocycles. The minimum absolute atomic E-state index is 0.159. The van der Waals surface area contributed by atoms with Crippen LogP contribution in [0, 0.1) is 11.7 Å². The molecule has 1 fully saturated rings. The smallest absolute Gasteiger partial charge is 0.281 e. The standard InChI is InChI=1S/C14H20FN3O3S/c1-17(2)22(20,21)18-9-7-11(8-10-18)14(19)16-13-5-3-12(15)4-6-13/h3-6,11H,7-10H2,1-2H3,(H,16,19). The zero-order chi connectivity index (χ0) is 16.3. The van der Waals surface area contributed by atoms with E-state index in [-0.39, 0.29) is 17.6 Å². The first-order valence-electron chi connectivity index (χ1n) is 7.05. The summed E-state index contributed by atoms with van der Waals surface area (Å²) in [6, 6.07) is 5.56. The van der Waals surface area contributed by atoms with E-state index in [2.05, 4.69) is 5.32 Å². The van der Waals surface area contributed by atoms with Crippen molar-refractivity contribution < 1.29 is 17.6 Å². The number of rotatable bonds is 4. The van der Waals surface area contributed by atoms with Gasteiger partial charge in [-0.2, -0.15) is 17.0 Å². The number of hydrogen-bond donors (Lipinski definition) is 1. The Kier molecular flexibility index (Phi) is 5.15. The lowest BCUT2D eigenvalue weighted by Gasteiger charge is -2.32. The Labute approximate surface area is 130 Å². The molecular weight excluding hydrogens is 309 g/mol.